The summed E-state index contributed by atoms with van der Waals surface area (Å²) in [6, 6.07) is 11.9. The number of esters is 1. The van der Waals surface area contributed by atoms with Crippen LogP contribution in [0.2, 0.25) is 0 Å². The Bertz CT molecular complexity index is 1120. The molecule has 0 spiro atoms. The summed E-state index contributed by atoms with van der Waals surface area (Å²) in [6.45, 7) is -1.11. The predicted octanol–water partition coefficient (Wildman–Crippen LogP) is 4.56. The number of rotatable bonds is 4. The number of benzene rings is 2. The van der Waals surface area contributed by atoms with E-state index >= 15 is 0 Å². The Morgan fingerprint density at radius 3 is 2.57 bits per heavy atom. The third-order valence-electron chi connectivity index (χ3n) is 5.21. The third-order valence-corrected chi connectivity index (χ3v) is 5.21. The lowest BCUT2D eigenvalue weighted by Gasteiger charge is -2.25. The van der Waals surface area contributed by atoms with Crippen molar-refractivity contribution in [1.82, 2.24) is 4.57 Å². The molecule has 0 fully saturated rings. The summed E-state index contributed by atoms with van der Waals surface area (Å²) in [7, 11) is 4.51. The number of hydrogen-bond donors (Lipinski definition) is 1. The van der Waals surface area contributed by atoms with Gasteiger partial charge in [-0.25, -0.2) is 4.79 Å². The second-order valence-electron chi connectivity index (χ2n) is 7.05. The maximum absolute atomic E-state index is 13.3. The Kier molecular flexibility index (Phi) is 4.76. The van der Waals surface area contributed by atoms with Gasteiger partial charge in [0.15, 0.2) is 0 Å². The highest BCUT2D eigenvalue weighted by Crippen LogP contribution is 2.47. The van der Waals surface area contributed by atoms with Gasteiger partial charge >= 0.3 is 12.1 Å². The second-order valence-corrected chi connectivity index (χ2v) is 7.05. The number of alkyl halides is 3. The summed E-state index contributed by atoms with van der Waals surface area (Å²) in [5.41, 5.74) is 2.46. The molecule has 0 amide bonds. The molecule has 1 aliphatic rings. The van der Waals surface area contributed by atoms with Crippen LogP contribution in [0.25, 0.3) is 10.9 Å². The molecule has 0 radical (unpaired) electrons. The van der Waals surface area contributed by atoms with Gasteiger partial charge in [0, 0.05) is 18.0 Å². The number of anilines is 2. The minimum absolute atomic E-state index is 0.283. The highest BCUT2D eigenvalue weighted by molar-refractivity contribution is 5.95. The van der Waals surface area contributed by atoms with Crippen molar-refractivity contribution in [1.29, 1.82) is 0 Å². The molecular formula is C21H20F3N3O3. The highest BCUT2D eigenvalue weighted by Gasteiger charge is 2.36. The van der Waals surface area contributed by atoms with Crippen molar-refractivity contribution in [3.05, 3.63) is 53.7 Å². The Morgan fingerprint density at radius 1 is 1.17 bits per heavy atom. The zero-order valence-electron chi connectivity index (χ0n) is 16.6. The molecule has 1 aromatic heterocycles. The minimum atomic E-state index is -4.38. The van der Waals surface area contributed by atoms with Crippen LogP contribution < -0.4 is 15.0 Å². The number of nitrogens with one attached hydrogen (secondary N) is 1. The molecule has 4 rings (SSSR count). The van der Waals surface area contributed by atoms with Crippen LogP contribution in [-0.2, 0) is 11.3 Å². The van der Waals surface area contributed by atoms with Crippen LogP contribution in [0.1, 0.15) is 22.2 Å². The first-order valence-corrected chi connectivity index (χ1v) is 9.18. The molecule has 1 N–H and O–H groups in total. The monoisotopic (exact) mass is 419 g/mol. The standard InChI is InChI=1S/C21H20F3N3O3/c1-26-18-14(8-13(20(28)30-3)10-17(18)29-2)25-19(26)16-9-12-6-4-5-7-15(12)27(16)11-21(22,23)24/h4-10,19,25H,11H2,1-3H3. The Labute approximate surface area is 170 Å². The fourth-order valence-electron chi connectivity index (χ4n) is 3.93. The molecule has 30 heavy (non-hydrogen) atoms. The molecule has 0 aliphatic carbocycles. The van der Waals surface area contributed by atoms with Crippen LogP contribution >= 0.6 is 0 Å². The largest absolute Gasteiger partial charge is 0.494 e. The smallest absolute Gasteiger partial charge is 0.406 e. The van der Waals surface area contributed by atoms with Gasteiger partial charge in [-0.3, -0.25) is 0 Å². The van der Waals surface area contributed by atoms with E-state index < -0.39 is 24.9 Å². The molecule has 2 aromatic carbocycles. The first-order valence-electron chi connectivity index (χ1n) is 9.18. The van der Waals surface area contributed by atoms with Crippen molar-refractivity contribution in [3.8, 4) is 5.75 Å². The van der Waals surface area contributed by atoms with E-state index in [1.807, 2.05) is 0 Å². The van der Waals surface area contributed by atoms with Gasteiger partial charge in [0.1, 0.15) is 24.1 Å². The zero-order valence-corrected chi connectivity index (χ0v) is 16.6. The highest BCUT2D eigenvalue weighted by atomic mass is 19.4. The molecule has 1 atom stereocenters. The normalized spacial score (nSPS) is 15.8. The van der Waals surface area contributed by atoms with E-state index in [9.17, 15) is 18.0 Å². The molecule has 3 aromatic rings. The van der Waals surface area contributed by atoms with Crippen LogP contribution in [0.4, 0.5) is 24.5 Å². The fourth-order valence-corrected chi connectivity index (χ4v) is 3.93. The molecule has 158 valence electrons. The number of ether oxygens (including phenoxy) is 2. The van der Waals surface area contributed by atoms with Crippen molar-refractivity contribution in [3.63, 3.8) is 0 Å². The quantitative estimate of drug-likeness (QED) is 0.629. The van der Waals surface area contributed by atoms with Crippen molar-refractivity contribution in [2.24, 2.45) is 0 Å². The lowest BCUT2D eigenvalue weighted by atomic mass is 10.1. The number of methoxy groups -OCH3 is 2. The molecule has 9 heteroatoms. The average molecular weight is 419 g/mol. The Morgan fingerprint density at radius 2 is 1.90 bits per heavy atom. The Balaban J connectivity index is 1.83. The molecule has 0 saturated carbocycles. The van der Waals surface area contributed by atoms with Crippen LogP contribution in [0, 0.1) is 0 Å². The maximum atomic E-state index is 13.3. The van der Waals surface area contributed by atoms with Crippen molar-refractivity contribution in [2.45, 2.75) is 18.9 Å². The summed E-state index contributed by atoms with van der Waals surface area (Å²) < 4.78 is 51.5. The summed E-state index contributed by atoms with van der Waals surface area (Å²) in [5, 5.41) is 3.94. The van der Waals surface area contributed by atoms with Gasteiger partial charge in [0.2, 0.25) is 0 Å². The Hall–Kier alpha value is -3.36. The second kappa shape index (κ2) is 7.16. The molecular weight excluding hydrogens is 399 g/mol. The van der Waals surface area contributed by atoms with Crippen LogP contribution in [-0.4, -0.2) is 38.0 Å². The SMILES string of the molecule is COC(=O)c1cc2c(c(OC)c1)N(C)C(c1cc3ccccc3n1CC(F)(F)F)N2. The van der Waals surface area contributed by atoms with Crippen molar-refractivity contribution < 1.29 is 27.4 Å². The topological polar surface area (TPSA) is 55.7 Å². The molecule has 1 unspecified atom stereocenters. The van der Waals surface area contributed by atoms with Gasteiger partial charge in [0.05, 0.1) is 31.2 Å². The zero-order chi connectivity index (χ0) is 21.6. The predicted molar refractivity (Wildman–Crippen MR) is 107 cm³/mol. The summed E-state index contributed by atoms with van der Waals surface area (Å²) in [5.74, 6) is -0.112. The maximum Gasteiger partial charge on any atom is 0.406 e. The lowest BCUT2D eigenvalue weighted by Crippen LogP contribution is -2.28. The van der Waals surface area contributed by atoms with Crippen molar-refractivity contribution in [2.75, 3.05) is 31.5 Å². The summed E-state index contributed by atoms with van der Waals surface area (Å²) in [4.78, 5) is 13.8. The lowest BCUT2D eigenvalue weighted by molar-refractivity contribution is -0.140. The van der Waals surface area contributed by atoms with Crippen molar-refractivity contribution >= 4 is 28.2 Å². The molecule has 1 aliphatic heterocycles. The van der Waals surface area contributed by atoms with Gasteiger partial charge < -0.3 is 24.3 Å². The summed E-state index contributed by atoms with van der Waals surface area (Å²) in [6.07, 6.45) is -4.97. The average Bonchev–Trinajstić information content (AvgIpc) is 3.23. The van der Waals surface area contributed by atoms with Crippen LogP contribution in [0.15, 0.2) is 42.5 Å². The number of halogens is 3. The number of fused-ring (bicyclic) bond motifs is 2. The third kappa shape index (κ3) is 3.30. The number of carbonyl (C=O) groups excluding carboxylic acids is 1. The molecule has 0 bridgehead atoms. The number of hydrogen-bond acceptors (Lipinski definition) is 5. The first-order chi connectivity index (χ1) is 14.2. The molecule has 0 saturated heterocycles. The van der Waals surface area contributed by atoms with E-state index in [4.69, 9.17) is 9.47 Å². The first kappa shape index (κ1) is 19.9. The van der Waals surface area contributed by atoms with E-state index in [1.54, 1.807) is 54.4 Å². The van der Waals surface area contributed by atoms with E-state index in [0.29, 0.717) is 33.7 Å². The number of carbonyl (C=O) groups is 1. The summed E-state index contributed by atoms with van der Waals surface area (Å²) >= 11 is 0. The van der Waals surface area contributed by atoms with Gasteiger partial charge in [0.25, 0.3) is 0 Å². The van der Waals surface area contributed by atoms with Gasteiger partial charge in [-0.1, -0.05) is 18.2 Å². The number of para-hydroxylation sites is 1. The van der Waals surface area contributed by atoms with Gasteiger partial charge in [-0.2, -0.15) is 13.2 Å². The van der Waals surface area contributed by atoms with E-state index in [0.717, 1.165) is 0 Å². The molecule has 2 heterocycles. The molecule has 6 nitrogen and oxygen atoms in total. The number of nitrogens with zero attached hydrogens (tertiary/aromatic N) is 2. The van der Waals surface area contributed by atoms with Gasteiger partial charge in [-0.15, -0.1) is 0 Å². The van der Waals surface area contributed by atoms with E-state index in [-0.39, 0.29) is 5.56 Å². The van der Waals surface area contributed by atoms with Gasteiger partial charge in [-0.05, 0) is 24.3 Å². The van der Waals surface area contributed by atoms with Crippen LogP contribution in [0.3, 0.4) is 0 Å². The van der Waals surface area contributed by atoms with E-state index in [2.05, 4.69) is 5.32 Å². The fraction of sp³-hybridized carbons (Fsp3) is 0.286. The minimum Gasteiger partial charge on any atom is -0.494 e. The number of aromatic nitrogens is 1. The van der Waals surface area contributed by atoms with Crippen LogP contribution in [0.5, 0.6) is 5.75 Å². The van der Waals surface area contributed by atoms with E-state index in [1.165, 1.54) is 18.8 Å².